The zero-order chi connectivity index (χ0) is 20.0. The van der Waals surface area contributed by atoms with Crippen LogP contribution >= 0.6 is 11.6 Å². The summed E-state index contributed by atoms with van der Waals surface area (Å²) in [5.41, 5.74) is 7.50. The molecule has 0 saturated carbocycles. The highest BCUT2D eigenvalue weighted by molar-refractivity contribution is 7.89. The Morgan fingerprint density at radius 1 is 0.929 bits per heavy atom. The van der Waals surface area contributed by atoms with Gasteiger partial charge in [0.2, 0.25) is 10.0 Å². The van der Waals surface area contributed by atoms with Gasteiger partial charge < -0.3 is 10.5 Å². The van der Waals surface area contributed by atoms with Gasteiger partial charge in [-0.3, -0.25) is 0 Å². The molecule has 0 aromatic heterocycles. The molecule has 28 heavy (non-hydrogen) atoms. The third-order valence-electron chi connectivity index (χ3n) is 4.19. The Labute approximate surface area is 170 Å². The second-order valence-corrected chi connectivity index (χ2v) is 8.30. The molecular formula is C21H21ClN2O3S. The Hall–Kier alpha value is -2.38. The quantitative estimate of drug-likeness (QED) is 0.579. The predicted molar refractivity (Wildman–Crippen MR) is 111 cm³/mol. The number of halogens is 1. The standard InChI is InChI=1S/C21H21ClN2O3S/c22-20-7-4-8-21(19(20)15-23)27-17-9-11-18(12-10-17)28(25,26)24-14-13-16-5-2-1-3-6-16/h1-12,24H,13-15,23H2. The Morgan fingerprint density at radius 3 is 2.32 bits per heavy atom. The molecule has 0 atom stereocenters. The number of hydrogen-bond donors (Lipinski definition) is 2. The van der Waals surface area contributed by atoms with E-state index >= 15 is 0 Å². The summed E-state index contributed by atoms with van der Waals surface area (Å²) in [6.07, 6.45) is 0.623. The Balaban J connectivity index is 1.65. The van der Waals surface area contributed by atoms with Crippen LogP contribution in [0.4, 0.5) is 0 Å². The minimum atomic E-state index is -3.59. The molecule has 5 nitrogen and oxygen atoms in total. The van der Waals surface area contributed by atoms with Crippen molar-refractivity contribution in [2.45, 2.75) is 17.9 Å². The molecule has 3 aromatic carbocycles. The summed E-state index contributed by atoms with van der Waals surface area (Å²) in [6, 6.07) is 21.2. The maximum atomic E-state index is 12.5. The predicted octanol–water partition coefficient (Wildman–Crippen LogP) is 4.11. The van der Waals surface area contributed by atoms with Gasteiger partial charge in [0, 0.05) is 23.7 Å². The maximum Gasteiger partial charge on any atom is 0.240 e. The Morgan fingerprint density at radius 2 is 1.64 bits per heavy atom. The molecule has 7 heteroatoms. The summed E-state index contributed by atoms with van der Waals surface area (Å²) in [7, 11) is -3.59. The zero-order valence-electron chi connectivity index (χ0n) is 15.1. The minimum absolute atomic E-state index is 0.179. The fourth-order valence-corrected chi connectivity index (χ4v) is 3.98. The van der Waals surface area contributed by atoms with E-state index < -0.39 is 10.0 Å². The molecule has 0 aliphatic rings. The molecule has 0 bridgehead atoms. The van der Waals surface area contributed by atoms with Gasteiger partial charge in [0.15, 0.2) is 0 Å². The second kappa shape index (κ2) is 9.21. The van der Waals surface area contributed by atoms with Crippen LogP contribution in [0.15, 0.2) is 77.7 Å². The lowest BCUT2D eigenvalue weighted by Crippen LogP contribution is -2.25. The normalized spacial score (nSPS) is 11.4. The molecule has 0 amide bonds. The van der Waals surface area contributed by atoms with Gasteiger partial charge in [-0.2, -0.15) is 0 Å². The van der Waals surface area contributed by atoms with Gasteiger partial charge in [-0.15, -0.1) is 0 Å². The lowest BCUT2D eigenvalue weighted by atomic mass is 10.2. The number of rotatable bonds is 8. The summed E-state index contributed by atoms with van der Waals surface area (Å²) >= 11 is 6.13. The van der Waals surface area contributed by atoms with Crippen molar-refractivity contribution in [2.75, 3.05) is 6.54 Å². The van der Waals surface area contributed by atoms with Gasteiger partial charge in [0.25, 0.3) is 0 Å². The SMILES string of the molecule is NCc1c(Cl)cccc1Oc1ccc(S(=O)(=O)NCCc2ccccc2)cc1. The number of nitrogens with one attached hydrogen (secondary N) is 1. The summed E-state index contributed by atoms with van der Waals surface area (Å²) in [5, 5.41) is 0.529. The van der Waals surface area contributed by atoms with Gasteiger partial charge in [0.05, 0.1) is 4.90 Å². The number of nitrogens with two attached hydrogens (primary N) is 1. The van der Waals surface area contributed by atoms with Crippen LogP contribution in [0.1, 0.15) is 11.1 Å². The van der Waals surface area contributed by atoms with Crippen LogP contribution in [0.3, 0.4) is 0 Å². The molecule has 0 fully saturated rings. The second-order valence-electron chi connectivity index (χ2n) is 6.13. The number of sulfonamides is 1. The molecule has 0 aliphatic carbocycles. The van der Waals surface area contributed by atoms with Crippen LogP contribution in [0.2, 0.25) is 5.02 Å². The van der Waals surface area contributed by atoms with Crippen molar-refractivity contribution in [1.29, 1.82) is 0 Å². The third kappa shape index (κ3) is 5.11. The monoisotopic (exact) mass is 416 g/mol. The van der Waals surface area contributed by atoms with Crippen molar-refractivity contribution >= 4 is 21.6 Å². The summed E-state index contributed by atoms with van der Waals surface area (Å²) in [5.74, 6) is 1.05. The fourth-order valence-electron chi connectivity index (χ4n) is 2.70. The number of hydrogen-bond acceptors (Lipinski definition) is 4. The first-order chi connectivity index (χ1) is 13.5. The summed E-state index contributed by atoms with van der Waals surface area (Å²) < 4.78 is 33.3. The van der Waals surface area contributed by atoms with Crippen molar-refractivity contribution in [3.63, 3.8) is 0 Å². The topological polar surface area (TPSA) is 81.4 Å². The molecule has 146 valence electrons. The van der Waals surface area contributed by atoms with E-state index in [2.05, 4.69) is 4.72 Å². The molecular weight excluding hydrogens is 396 g/mol. The molecule has 0 spiro atoms. The first kappa shape index (κ1) is 20.4. The van der Waals surface area contributed by atoms with E-state index in [1.807, 2.05) is 30.3 Å². The molecule has 0 aliphatic heterocycles. The molecule has 3 aromatic rings. The van der Waals surface area contributed by atoms with E-state index in [-0.39, 0.29) is 11.4 Å². The van der Waals surface area contributed by atoms with Gasteiger partial charge in [-0.25, -0.2) is 13.1 Å². The molecule has 3 N–H and O–H groups in total. The smallest absolute Gasteiger partial charge is 0.240 e. The molecule has 0 saturated heterocycles. The van der Waals surface area contributed by atoms with E-state index in [1.165, 1.54) is 12.1 Å². The van der Waals surface area contributed by atoms with Gasteiger partial charge in [-0.1, -0.05) is 48.0 Å². The minimum Gasteiger partial charge on any atom is -0.457 e. The van der Waals surface area contributed by atoms with Crippen molar-refractivity contribution < 1.29 is 13.2 Å². The van der Waals surface area contributed by atoms with Crippen LogP contribution in [0.5, 0.6) is 11.5 Å². The zero-order valence-corrected chi connectivity index (χ0v) is 16.7. The highest BCUT2D eigenvalue weighted by atomic mass is 35.5. The first-order valence-corrected chi connectivity index (χ1v) is 10.6. The molecule has 0 radical (unpaired) electrons. The number of ether oxygens (including phenoxy) is 1. The van der Waals surface area contributed by atoms with Crippen molar-refractivity contribution in [3.05, 3.63) is 88.9 Å². The van der Waals surface area contributed by atoms with Crippen LogP contribution in [0, 0.1) is 0 Å². The molecule has 0 unspecified atom stereocenters. The van der Waals surface area contributed by atoms with Gasteiger partial charge in [-0.05, 0) is 48.4 Å². The Bertz CT molecular complexity index is 1020. The number of benzene rings is 3. The van der Waals surface area contributed by atoms with Crippen molar-refractivity contribution in [1.82, 2.24) is 4.72 Å². The largest absolute Gasteiger partial charge is 0.457 e. The van der Waals surface area contributed by atoms with E-state index in [0.717, 1.165) is 5.56 Å². The van der Waals surface area contributed by atoms with E-state index in [0.29, 0.717) is 35.1 Å². The van der Waals surface area contributed by atoms with Crippen LogP contribution in [-0.4, -0.2) is 15.0 Å². The Kier molecular flexibility index (Phi) is 6.70. The van der Waals surface area contributed by atoms with Crippen LogP contribution < -0.4 is 15.2 Å². The van der Waals surface area contributed by atoms with Crippen LogP contribution in [0.25, 0.3) is 0 Å². The maximum absolute atomic E-state index is 12.5. The molecule has 3 rings (SSSR count). The van der Waals surface area contributed by atoms with E-state index in [1.54, 1.807) is 30.3 Å². The summed E-state index contributed by atoms with van der Waals surface area (Å²) in [6.45, 7) is 0.569. The lowest BCUT2D eigenvalue weighted by Gasteiger charge is -2.12. The van der Waals surface area contributed by atoms with E-state index in [9.17, 15) is 8.42 Å². The summed E-state index contributed by atoms with van der Waals surface area (Å²) in [4.78, 5) is 0.179. The average molecular weight is 417 g/mol. The van der Waals surface area contributed by atoms with Crippen molar-refractivity contribution in [2.24, 2.45) is 5.73 Å². The third-order valence-corrected chi connectivity index (χ3v) is 6.02. The fraction of sp³-hybridized carbons (Fsp3) is 0.143. The highest BCUT2D eigenvalue weighted by Gasteiger charge is 2.14. The highest BCUT2D eigenvalue weighted by Crippen LogP contribution is 2.30. The van der Waals surface area contributed by atoms with Gasteiger partial charge >= 0.3 is 0 Å². The van der Waals surface area contributed by atoms with E-state index in [4.69, 9.17) is 22.1 Å². The van der Waals surface area contributed by atoms with Crippen LogP contribution in [-0.2, 0) is 23.0 Å². The lowest BCUT2D eigenvalue weighted by molar-refractivity contribution is 0.476. The molecule has 0 heterocycles. The van der Waals surface area contributed by atoms with Crippen molar-refractivity contribution in [3.8, 4) is 11.5 Å². The first-order valence-electron chi connectivity index (χ1n) is 8.78. The average Bonchev–Trinajstić information content (AvgIpc) is 2.69. The van der Waals surface area contributed by atoms with Gasteiger partial charge in [0.1, 0.15) is 11.5 Å².